The molecule has 0 aromatic heterocycles. The van der Waals surface area contributed by atoms with Crippen LogP contribution < -0.4 is 21.1 Å². The summed E-state index contributed by atoms with van der Waals surface area (Å²) in [7, 11) is 0. The molecule has 0 spiro atoms. The zero-order chi connectivity index (χ0) is 23.1. The SMILES string of the molecule is CCCCCCCC(=O)N[C@H](CC(N)=O)C(=O)NCCCC(=O)Oc1ccc(Br)cc1. The molecule has 0 aliphatic heterocycles. The fourth-order valence-electron chi connectivity index (χ4n) is 2.82. The summed E-state index contributed by atoms with van der Waals surface area (Å²) in [4.78, 5) is 47.6. The van der Waals surface area contributed by atoms with E-state index in [1.807, 2.05) is 0 Å². The van der Waals surface area contributed by atoms with Crippen LogP contribution in [-0.2, 0) is 19.2 Å². The van der Waals surface area contributed by atoms with Crippen LogP contribution >= 0.6 is 15.9 Å². The van der Waals surface area contributed by atoms with E-state index in [2.05, 4.69) is 33.5 Å². The average Bonchev–Trinajstić information content (AvgIpc) is 2.71. The summed E-state index contributed by atoms with van der Waals surface area (Å²) in [5, 5.41) is 5.21. The highest BCUT2D eigenvalue weighted by atomic mass is 79.9. The second-order valence-corrected chi connectivity index (χ2v) is 8.19. The van der Waals surface area contributed by atoms with Crippen LogP contribution in [0.5, 0.6) is 5.75 Å². The maximum atomic E-state index is 12.3. The Kier molecular flexibility index (Phi) is 13.2. The summed E-state index contributed by atoms with van der Waals surface area (Å²) in [6.07, 6.45) is 5.49. The van der Waals surface area contributed by atoms with Crippen molar-refractivity contribution in [1.29, 1.82) is 0 Å². The fraction of sp³-hybridized carbons (Fsp3) is 0.545. The third-order valence-electron chi connectivity index (χ3n) is 4.47. The molecule has 1 aromatic rings. The van der Waals surface area contributed by atoms with Crippen molar-refractivity contribution < 1.29 is 23.9 Å². The lowest BCUT2D eigenvalue weighted by molar-refractivity contribution is -0.134. The number of amides is 3. The normalized spacial score (nSPS) is 11.4. The van der Waals surface area contributed by atoms with Gasteiger partial charge in [-0.05, 0) is 37.1 Å². The Labute approximate surface area is 191 Å². The highest BCUT2D eigenvalue weighted by Crippen LogP contribution is 2.16. The number of hydrogen-bond donors (Lipinski definition) is 3. The number of halogens is 1. The second-order valence-electron chi connectivity index (χ2n) is 7.28. The van der Waals surface area contributed by atoms with E-state index in [1.165, 1.54) is 0 Å². The molecular formula is C22H32BrN3O5. The van der Waals surface area contributed by atoms with Crippen molar-refractivity contribution in [3.8, 4) is 5.75 Å². The predicted octanol–water partition coefficient (Wildman–Crippen LogP) is 2.97. The third-order valence-corrected chi connectivity index (χ3v) is 5.00. The lowest BCUT2D eigenvalue weighted by Crippen LogP contribution is -2.48. The molecule has 1 aromatic carbocycles. The Balaban J connectivity index is 2.34. The van der Waals surface area contributed by atoms with E-state index in [1.54, 1.807) is 24.3 Å². The smallest absolute Gasteiger partial charge is 0.311 e. The first-order valence-electron chi connectivity index (χ1n) is 10.6. The Bertz CT molecular complexity index is 724. The molecule has 1 rings (SSSR count). The Morgan fingerprint density at radius 2 is 1.68 bits per heavy atom. The van der Waals surface area contributed by atoms with E-state index in [0.717, 1.165) is 36.6 Å². The minimum absolute atomic E-state index is 0.112. The average molecular weight is 498 g/mol. The van der Waals surface area contributed by atoms with Crippen molar-refractivity contribution >= 4 is 39.6 Å². The van der Waals surface area contributed by atoms with E-state index in [9.17, 15) is 19.2 Å². The number of unbranched alkanes of at least 4 members (excludes halogenated alkanes) is 4. The lowest BCUT2D eigenvalue weighted by atomic mass is 10.1. The number of rotatable bonds is 15. The van der Waals surface area contributed by atoms with E-state index in [0.29, 0.717) is 18.6 Å². The summed E-state index contributed by atoms with van der Waals surface area (Å²) in [6.45, 7) is 2.32. The lowest BCUT2D eigenvalue weighted by Gasteiger charge is -2.17. The monoisotopic (exact) mass is 497 g/mol. The van der Waals surface area contributed by atoms with Gasteiger partial charge in [-0.3, -0.25) is 19.2 Å². The highest BCUT2D eigenvalue weighted by molar-refractivity contribution is 9.10. The number of carbonyl (C=O) groups excluding carboxylic acids is 4. The van der Waals surface area contributed by atoms with Gasteiger partial charge >= 0.3 is 5.97 Å². The molecule has 0 heterocycles. The van der Waals surface area contributed by atoms with E-state index in [-0.39, 0.29) is 25.3 Å². The largest absolute Gasteiger partial charge is 0.427 e. The first-order valence-corrected chi connectivity index (χ1v) is 11.4. The van der Waals surface area contributed by atoms with E-state index >= 15 is 0 Å². The summed E-state index contributed by atoms with van der Waals surface area (Å²) in [6, 6.07) is 5.85. The van der Waals surface area contributed by atoms with Gasteiger partial charge in [0.05, 0.1) is 6.42 Å². The van der Waals surface area contributed by atoms with Crippen molar-refractivity contribution in [2.45, 2.75) is 70.8 Å². The van der Waals surface area contributed by atoms with Crippen LogP contribution in [0.3, 0.4) is 0 Å². The first-order chi connectivity index (χ1) is 14.8. The van der Waals surface area contributed by atoms with Gasteiger partial charge in [0.2, 0.25) is 17.7 Å². The van der Waals surface area contributed by atoms with Gasteiger partial charge in [-0.25, -0.2) is 0 Å². The number of hydrogen-bond acceptors (Lipinski definition) is 5. The quantitative estimate of drug-likeness (QED) is 0.195. The Morgan fingerprint density at radius 1 is 1.00 bits per heavy atom. The van der Waals surface area contributed by atoms with Gasteiger partial charge in [0.25, 0.3) is 0 Å². The van der Waals surface area contributed by atoms with Crippen LogP contribution in [0, 0.1) is 0 Å². The molecule has 1 atom stereocenters. The molecular weight excluding hydrogens is 466 g/mol. The Morgan fingerprint density at radius 3 is 2.32 bits per heavy atom. The fourth-order valence-corrected chi connectivity index (χ4v) is 3.08. The van der Waals surface area contributed by atoms with E-state index < -0.39 is 23.8 Å². The molecule has 8 nitrogen and oxygen atoms in total. The zero-order valence-electron chi connectivity index (χ0n) is 18.0. The van der Waals surface area contributed by atoms with Gasteiger partial charge in [-0.1, -0.05) is 48.5 Å². The number of primary amides is 1. The van der Waals surface area contributed by atoms with Crippen LogP contribution in [0.1, 0.15) is 64.7 Å². The van der Waals surface area contributed by atoms with Gasteiger partial charge in [-0.15, -0.1) is 0 Å². The standard InChI is InChI=1S/C22H32BrN3O5/c1-2-3-4-5-6-8-20(28)26-18(15-19(24)27)22(30)25-14-7-9-21(29)31-17-12-10-16(23)11-13-17/h10-13,18H,2-9,14-15H2,1H3,(H2,24,27)(H,25,30)(H,26,28)/t18-/m1/s1. The number of ether oxygens (including phenoxy) is 1. The van der Waals surface area contributed by atoms with Crippen molar-refractivity contribution in [2.24, 2.45) is 5.73 Å². The van der Waals surface area contributed by atoms with Gasteiger partial charge < -0.3 is 21.1 Å². The molecule has 31 heavy (non-hydrogen) atoms. The maximum Gasteiger partial charge on any atom is 0.311 e. The molecule has 0 aliphatic rings. The van der Waals surface area contributed by atoms with Crippen molar-refractivity contribution in [3.05, 3.63) is 28.7 Å². The summed E-state index contributed by atoms with van der Waals surface area (Å²) < 4.78 is 6.08. The molecule has 0 unspecified atom stereocenters. The topological polar surface area (TPSA) is 128 Å². The molecule has 3 amide bonds. The minimum Gasteiger partial charge on any atom is -0.427 e. The van der Waals surface area contributed by atoms with Crippen molar-refractivity contribution in [2.75, 3.05) is 6.54 Å². The van der Waals surface area contributed by atoms with Crippen LogP contribution in [0.15, 0.2) is 28.7 Å². The summed E-state index contributed by atoms with van der Waals surface area (Å²) >= 11 is 3.30. The second kappa shape index (κ2) is 15.4. The molecule has 0 saturated heterocycles. The van der Waals surface area contributed by atoms with Crippen LogP contribution in [0.2, 0.25) is 0 Å². The molecule has 4 N–H and O–H groups in total. The molecule has 0 fully saturated rings. The van der Waals surface area contributed by atoms with Crippen molar-refractivity contribution in [3.63, 3.8) is 0 Å². The van der Waals surface area contributed by atoms with Crippen molar-refractivity contribution in [1.82, 2.24) is 10.6 Å². The van der Waals surface area contributed by atoms with Crippen LogP contribution in [-0.4, -0.2) is 36.3 Å². The van der Waals surface area contributed by atoms with Gasteiger partial charge in [0, 0.05) is 23.9 Å². The predicted molar refractivity (Wildman–Crippen MR) is 121 cm³/mol. The molecule has 0 saturated carbocycles. The van der Waals surface area contributed by atoms with Gasteiger partial charge in [0.1, 0.15) is 11.8 Å². The Hall–Kier alpha value is -2.42. The van der Waals surface area contributed by atoms with Crippen LogP contribution in [0.25, 0.3) is 0 Å². The molecule has 0 aliphatic carbocycles. The number of carbonyl (C=O) groups is 4. The highest BCUT2D eigenvalue weighted by Gasteiger charge is 2.22. The van der Waals surface area contributed by atoms with E-state index in [4.69, 9.17) is 10.5 Å². The van der Waals surface area contributed by atoms with Gasteiger partial charge in [0.15, 0.2) is 0 Å². The molecule has 0 radical (unpaired) electrons. The molecule has 0 bridgehead atoms. The van der Waals surface area contributed by atoms with Gasteiger partial charge in [-0.2, -0.15) is 0 Å². The minimum atomic E-state index is -1.02. The number of nitrogens with two attached hydrogens (primary N) is 1. The maximum absolute atomic E-state index is 12.3. The first kappa shape index (κ1) is 26.6. The number of nitrogens with one attached hydrogen (secondary N) is 2. The zero-order valence-corrected chi connectivity index (χ0v) is 19.5. The number of benzene rings is 1. The number of esters is 1. The molecule has 9 heteroatoms. The summed E-state index contributed by atoms with van der Waals surface area (Å²) in [5.74, 6) is -1.44. The third kappa shape index (κ3) is 12.8. The molecule has 172 valence electrons. The van der Waals surface area contributed by atoms with Crippen LogP contribution in [0.4, 0.5) is 0 Å². The summed E-state index contributed by atoms with van der Waals surface area (Å²) in [5.41, 5.74) is 5.20.